The molecule has 0 unspecified atom stereocenters. The van der Waals surface area contributed by atoms with E-state index in [9.17, 15) is 13.2 Å². The number of hydrogen-bond donors (Lipinski definition) is 1. The zero-order valence-electron chi connectivity index (χ0n) is 17.2. The van der Waals surface area contributed by atoms with Crippen LogP contribution < -0.4 is 9.91 Å². The topological polar surface area (TPSA) is 90.3 Å². The van der Waals surface area contributed by atoms with Crippen molar-refractivity contribution in [3.63, 3.8) is 0 Å². The number of rotatable bonds is 4. The van der Waals surface area contributed by atoms with Gasteiger partial charge < -0.3 is 4.90 Å². The van der Waals surface area contributed by atoms with Crippen molar-refractivity contribution in [2.45, 2.75) is 30.6 Å². The summed E-state index contributed by atoms with van der Waals surface area (Å²) in [5, 5.41) is 6.66. The van der Waals surface area contributed by atoms with Gasteiger partial charge in [-0.3, -0.25) is 9.35 Å². The lowest BCUT2D eigenvalue weighted by molar-refractivity contribution is -0.114. The number of allylic oxidation sites excluding steroid dienone is 2. The SMILES string of the molecule is CCN1/C(=C\C(C)=C2/C(=O)N(c3ccc(S(=O)(=O)O)cc3)N=C2C)Sc2ccccc21. The highest BCUT2D eigenvalue weighted by atomic mass is 32.2. The first-order valence-corrected chi connectivity index (χ1v) is 11.9. The summed E-state index contributed by atoms with van der Waals surface area (Å²) in [6, 6.07) is 13.6. The van der Waals surface area contributed by atoms with Gasteiger partial charge in [0, 0.05) is 11.4 Å². The molecule has 31 heavy (non-hydrogen) atoms. The van der Waals surface area contributed by atoms with Gasteiger partial charge in [-0.05, 0) is 68.8 Å². The first-order valence-electron chi connectivity index (χ1n) is 9.65. The molecule has 0 spiro atoms. The van der Waals surface area contributed by atoms with Gasteiger partial charge in [-0.15, -0.1) is 0 Å². The number of thioether (sulfide) groups is 1. The van der Waals surface area contributed by atoms with Gasteiger partial charge >= 0.3 is 0 Å². The van der Waals surface area contributed by atoms with Crippen LogP contribution in [0.25, 0.3) is 0 Å². The number of hydrogen-bond acceptors (Lipinski definition) is 6. The van der Waals surface area contributed by atoms with Gasteiger partial charge in [0.2, 0.25) is 0 Å². The van der Waals surface area contributed by atoms with E-state index >= 15 is 0 Å². The van der Waals surface area contributed by atoms with E-state index in [1.165, 1.54) is 34.2 Å². The van der Waals surface area contributed by atoms with E-state index in [0.29, 0.717) is 17.0 Å². The number of para-hydroxylation sites is 1. The van der Waals surface area contributed by atoms with E-state index < -0.39 is 10.1 Å². The Morgan fingerprint density at radius 1 is 1.16 bits per heavy atom. The number of amides is 1. The molecule has 9 heteroatoms. The van der Waals surface area contributed by atoms with E-state index in [0.717, 1.165) is 22.8 Å². The van der Waals surface area contributed by atoms with Gasteiger partial charge in [-0.1, -0.05) is 23.9 Å². The fourth-order valence-corrected chi connectivity index (χ4v) is 5.35. The number of carbonyl (C=O) groups is 1. The van der Waals surface area contributed by atoms with Crippen LogP contribution in [0.1, 0.15) is 20.8 Å². The lowest BCUT2D eigenvalue weighted by Crippen LogP contribution is -2.22. The molecule has 0 bridgehead atoms. The van der Waals surface area contributed by atoms with Gasteiger partial charge in [0.25, 0.3) is 16.0 Å². The summed E-state index contributed by atoms with van der Waals surface area (Å²) in [6.07, 6.45) is 2.01. The van der Waals surface area contributed by atoms with E-state index in [-0.39, 0.29) is 10.8 Å². The molecule has 2 heterocycles. The number of carbonyl (C=O) groups excluding carboxylic acids is 1. The van der Waals surface area contributed by atoms with Crippen molar-refractivity contribution in [3.8, 4) is 0 Å². The Hall–Kier alpha value is -2.88. The largest absolute Gasteiger partial charge is 0.335 e. The highest BCUT2D eigenvalue weighted by molar-refractivity contribution is 8.03. The summed E-state index contributed by atoms with van der Waals surface area (Å²) in [4.78, 5) is 16.3. The van der Waals surface area contributed by atoms with E-state index in [1.54, 1.807) is 18.7 Å². The molecule has 0 saturated carbocycles. The maximum atomic E-state index is 13.1. The fraction of sp³-hybridized carbons (Fsp3) is 0.182. The quantitative estimate of drug-likeness (QED) is 0.541. The maximum Gasteiger partial charge on any atom is 0.294 e. The van der Waals surface area contributed by atoms with Crippen LogP contribution in [0.5, 0.6) is 0 Å². The van der Waals surface area contributed by atoms with Crippen LogP contribution in [0, 0.1) is 0 Å². The summed E-state index contributed by atoms with van der Waals surface area (Å²) >= 11 is 1.67. The third kappa shape index (κ3) is 3.91. The first kappa shape index (κ1) is 21.4. The normalized spacial score (nSPS) is 19.2. The Bertz CT molecular complexity index is 1260. The molecule has 0 saturated heterocycles. The minimum atomic E-state index is -4.30. The Morgan fingerprint density at radius 3 is 2.48 bits per heavy atom. The monoisotopic (exact) mass is 455 g/mol. The molecule has 1 N–H and O–H groups in total. The standard InChI is InChI=1S/C22H21N3O4S2/c1-4-24-18-7-5-6-8-19(18)30-20(24)13-14(2)21-15(3)23-25(22(21)26)16-9-11-17(12-10-16)31(27,28)29/h5-13H,4H2,1-3H3,(H,27,28,29)/b20-13+,21-14-. The number of benzene rings is 2. The van der Waals surface area contributed by atoms with E-state index in [1.807, 2.05) is 25.1 Å². The minimum Gasteiger partial charge on any atom is -0.335 e. The van der Waals surface area contributed by atoms with Gasteiger partial charge in [-0.25, -0.2) is 0 Å². The third-order valence-electron chi connectivity index (χ3n) is 5.08. The molecule has 2 aromatic carbocycles. The molecule has 2 aromatic rings. The number of anilines is 2. The molecule has 0 aromatic heterocycles. The smallest absolute Gasteiger partial charge is 0.294 e. The van der Waals surface area contributed by atoms with Crippen LogP contribution in [0.3, 0.4) is 0 Å². The molecule has 0 fully saturated rings. The summed E-state index contributed by atoms with van der Waals surface area (Å²) in [6.45, 7) is 6.56. The molecular formula is C22H21N3O4S2. The lowest BCUT2D eigenvalue weighted by Gasteiger charge is -2.18. The Labute approximate surface area is 185 Å². The molecule has 0 atom stereocenters. The zero-order chi connectivity index (χ0) is 22.3. The summed E-state index contributed by atoms with van der Waals surface area (Å²) in [5.41, 5.74) is 3.48. The summed E-state index contributed by atoms with van der Waals surface area (Å²) < 4.78 is 31.6. The van der Waals surface area contributed by atoms with Crippen LogP contribution in [0.4, 0.5) is 11.4 Å². The predicted molar refractivity (Wildman–Crippen MR) is 123 cm³/mol. The summed E-state index contributed by atoms with van der Waals surface area (Å²) in [5.74, 6) is -0.282. The predicted octanol–water partition coefficient (Wildman–Crippen LogP) is 4.45. The average molecular weight is 456 g/mol. The van der Waals surface area contributed by atoms with Crippen LogP contribution in [0.15, 0.2) is 85.7 Å². The van der Waals surface area contributed by atoms with E-state index in [2.05, 4.69) is 29.1 Å². The Kier molecular flexibility index (Phi) is 5.50. The van der Waals surface area contributed by atoms with Crippen LogP contribution in [-0.4, -0.2) is 31.1 Å². The molecule has 160 valence electrons. The third-order valence-corrected chi connectivity index (χ3v) is 7.06. The highest BCUT2D eigenvalue weighted by Gasteiger charge is 2.31. The molecule has 2 aliphatic rings. The van der Waals surface area contributed by atoms with Gasteiger partial charge in [0.15, 0.2) is 0 Å². The van der Waals surface area contributed by atoms with Crippen LogP contribution >= 0.6 is 11.8 Å². The van der Waals surface area contributed by atoms with Crippen LogP contribution in [-0.2, 0) is 14.9 Å². The Morgan fingerprint density at radius 2 is 1.84 bits per heavy atom. The Balaban J connectivity index is 1.65. The average Bonchev–Trinajstić information content (AvgIpc) is 3.23. The van der Waals surface area contributed by atoms with Crippen molar-refractivity contribution in [2.24, 2.45) is 5.10 Å². The van der Waals surface area contributed by atoms with Crippen molar-refractivity contribution in [3.05, 3.63) is 70.8 Å². The second-order valence-electron chi connectivity index (χ2n) is 7.13. The first-order chi connectivity index (χ1) is 14.7. The van der Waals surface area contributed by atoms with Crippen molar-refractivity contribution < 1.29 is 17.8 Å². The molecule has 0 aliphatic carbocycles. The molecule has 4 rings (SSSR count). The molecule has 7 nitrogen and oxygen atoms in total. The fourth-order valence-electron chi connectivity index (χ4n) is 3.64. The van der Waals surface area contributed by atoms with Crippen molar-refractivity contribution in [1.29, 1.82) is 0 Å². The lowest BCUT2D eigenvalue weighted by atomic mass is 10.1. The van der Waals surface area contributed by atoms with E-state index in [4.69, 9.17) is 4.55 Å². The molecule has 2 aliphatic heterocycles. The molecule has 1 amide bonds. The van der Waals surface area contributed by atoms with Gasteiger partial charge in [-0.2, -0.15) is 18.5 Å². The van der Waals surface area contributed by atoms with Gasteiger partial charge in [0.05, 0.1) is 32.6 Å². The van der Waals surface area contributed by atoms with Crippen LogP contribution in [0.2, 0.25) is 0 Å². The number of fused-ring (bicyclic) bond motifs is 1. The van der Waals surface area contributed by atoms with Crippen molar-refractivity contribution in [2.75, 3.05) is 16.5 Å². The highest BCUT2D eigenvalue weighted by Crippen LogP contribution is 2.46. The minimum absolute atomic E-state index is 0.238. The second-order valence-corrected chi connectivity index (χ2v) is 9.61. The second kappa shape index (κ2) is 7.99. The maximum absolute atomic E-state index is 13.1. The van der Waals surface area contributed by atoms with Crippen molar-refractivity contribution >= 4 is 44.9 Å². The number of nitrogens with zero attached hydrogens (tertiary/aromatic N) is 3. The summed E-state index contributed by atoms with van der Waals surface area (Å²) in [7, 11) is -4.30. The molecular weight excluding hydrogens is 434 g/mol. The number of hydrazone groups is 1. The van der Waals surface area contributed by atoms with Crippen molar-refractivity contribution in [1.82, 2.24) is 0 Å². The van der Waals surface area contributed by atoms with Gasteiger partial charge in [0.1, 0.15) is 0 Å². The zero-order valence-corrected chi connectivity index (χ0v) is 18.9. The molecule has 0 radical (unpaired) electrons.